The smallest absolute Gasteiger partial charge is 0.101 e. The van der Waals surface area contributed by atoms with E-state index in [1.807, 2.05) is 40.0 Å². The first-order chi connectivity index (χ1) is 7.83. The number of thiophene rings is 1. The number of nitriles is 1. The normalized spacial score (nSPS) is 8.25. The summed E-state index contributed by atoms with van der Waals surface area (Å²) in [6, 6.07) is 2.17. The molecule has 0 radical (unpaired) electrons. The number of hydrogen-bond donors (Lipinski definition) is 0. The van der Waals surface area contributed by atoms with Gasteiger partial charge in [-0.1, -0.05) is 27.7 Å². The first-order valence-corrected chi connectivity index (χ1v) is 6.43. The molecule has 0 N–H and O–H groups in total. The number of nitrogens with zero attached hydrogens (tertiary/aromatic N) is 2. The van der Waals surface area contributed by atoms with Crippen LogP contribution in [0.5, 0.6) is 0 Å². The highest BCUT2D eigenvalue weighted by molar-refractivity contribution is 7.17. The van der Waals surface area contributed by atoms with Crippen LogP contribution in [0.25, 0.3) is 10.1 Å². The van der Waals surface area contributed by atoms with Gasteiger partial charge in [-0.2, -0.15) is 5.26 Å². The maximum absolute atomic E-state index is 8.79. The van der Waals surface area contributed by atoms with Crippen molar-refractivity contribution in [2.45, 2.75) is 34.6 Å². The van der Waals surface area contributed by atoms with Crippen LogP contribution in [0.1, 0.15) is 38.8 Å². The van der Waals surface area contributed by atoms with E-state index in [0.717, 1.165) is 21.2 Å². The zero-order valence-electron chi connectivity index (χ0n) is 10.5. The van der Waals surface area contributed by atoms with E-state index in [0.29, 0.717) is 0 Å². The summed E-state index contributed by atoms with van der Waals surface area (Å²) in [6.45, 7) is 9.98. The second kappa shape index (κ2) is 7.84. The monoisotopic (exact) mass is 234 g/mol. The zero-order valence-corrected chi connectivity index (χ0v) is 11.4. The van der Waals surface area contributed by atoms with Gasteiger partial charge in [0.05, 0.1) is 10.3 Å². The Hall–Kier alpha value is -1.40. The Morgan fingerprint density at radius 1 is 1.19 bits per heavy atom. The molecule has 0 amide bonds. The number of hydrogen-bond acceptors (Lipinski definition) is 3. The molecule has 16 heavy (non-hydrogen) atoms. The van der Waals surface area contributed by atoms with Crippen molar-refractivity contribution in [2.75, 3.05) is 0 Å². The van der Waals surface area contributed by atoms with Gasteiger partial charge in [0.2, 0.25) is 0 Å². The molecule has 2 aromatic rings. The molecule has 86 valence electrons. The molecular formula is C13H18N2S. The van der Waals surface area contributed by atoms with Crippen molar-refractivity contribution < 1.29 is 0 Å². The van der Waals surface area contributed by atoms with E-state index < -0.39 is 0 Å². The Morgan fingerprint density at radius 2 is 1.81 bits per heavy atom. The molecule has 0 spiro atoms. The Labute approximate surface area is 102 Å². The fourth-order valence-corrected chi connectivity index (χ4v) is 2.16. The zero-order chi connectivity index (χ0) is 12.6. The van der Waals surface area contributed by atoms with Gasteiger partial charge >= 0.3 is 0 Å². The van der Waals surface area contributed by atoms with Crippen LogP contribution in [0.3, 0.4) is 0 Å². The van der Waals surface area contributed by atoms with E-state index in [4.69, 9.17) is 5.26 Å². The fraction of sp³-hybridized carbons (Fsp3) is 0.385. The van der Waals surface area contributed by atoms with Gasteiger partial charge < -0.3 is 0 Å². The van der Waals surface area contributed by atoms with Crippen LogP contribution in [0.15, 0.2) is 17.8 Å². The van der Waals surface area contributed by atoms with Crippen LogP contribution in [0.4, 0.5) is 0 Å². The van der Waals surface area contributed by atoms with Crippen LogP contribution >= 0.6 is 11.3 Å². The quantitative estimate of drug-likeness (QED) is 0.671. The molecule has 0 saturated carbocycles. The third-order valence-corrected chi connectivity index (χ3v) is 2.71. The average Bonchev–Trinajstić information content (AvgIpc) is 2.79. The first-order valence-electron chi connectivity index (χ1n) is 5.55. The maximum atomic E-state index is 8.79. The molecule has 0 aliphatic carbocycles. The van der Waals surface area contributed by atoms with Crippen LogP contribution in [0, 0.1) is 18.3 Å². The predicted octanol–water partition coefficient (Wildman–Crippen LogP) is 4.53. The predicted molar refractivity (Wildman–Crippen MR) is 71.8 cm³/mol. The Balaban J connectivity index is 0.000000509. The summed E-state index contributed by atoms with van der Waals surface area (Å²) in [5.74, 6) is 0. The molecule has 3 heteroatoms. The van der Waals surface area contributed by atoms with Crippen molar-refractivity contribution in [1.29, 1.82) is 5.26 Å². The lowest BCUT2D eigenvalue weighted by Gasteiger charge is -1.93. The molecule has 2 aromatic heterocycles. The highest BCUT2D eigenvalue weighted by Gasteiger charge is 2.04. The number of aromatic nitrogens is 1. The highest BCUT2D eigenvalue weighted by atomic mass is 32.1. The lowest BCUT2D eigenvalue weighted by atomic mass is 10.1. The Morgan fingerprint density at radius 3 is 2.38 bits per heavy atom. The summed E-state index contributed by atoms with van der Waals surface area (Å²) >= 11 is 1.57. The highest BCUT2D eigenvalue weighted by Crippen LogP contribution is 2.26. The number of fused-ring (bicyclic) bond motifs is 1. The number of pyridine rings is 1. The molecule has 0 atom stereocenters. The minimum Gasteiger partial charge on any atom is -0.263 e. The van der Waals surface area contributed by atoms with Crippen molar-refractivity contribution in [3.63, 3.8) is 0 Å². The topological polar surface area (TPSA) is 36.7 Å². The van der Waals surface area contributed by atoms with Gasteiger partial charge in [0.15, 0.2) is 0 Å². The van der Waals surface area contributed by atoms with Gasteiger partial charge in [-0.25, -0.2) is 0 Å². The van der Waals surface area contributed by atoms with Crippen LogP contribution in [-0.2, 0) is 0 Å². The van der Waals surface area contributed by atoms with E-state index in [1.54, 1.807) is 23.7 Å². The summed E-state index contributed by atoms with van der Waals surface area (Å²) < 4.78 is 1.09. The lowest BCUT2D eigenvalue weighted by Crippen LogP contribution is -1.78. The molecule has 0 fully saturated rings. The molecule has 2 nitrogen and oxygen atoms in total. The fourth-order valence-electron chi connectivity index (χ4n) is 1.24. The minimum atomic E-state index is 0.759. The van der Waals surface area contributed by atoms with Crippen molar-refractivity contribution >= 4 is 21.4 Å². The third-order valence-electron chi connectivity index (χ3n) is 1.79. The van der Waals surface area contributed by atoms with Gasteiger partial charge in [0, 0.05) is 23.2 Å². The molecule has 0 aromatic carbocycles. The lowest BCUT2D eigenvalue weighted by molar-refractivity contribution is 1.31. The molecule has 0 unspecified atom stereocenters. The second-order valence-electron chi connectivity index (χ2n) is 2.59. The Bertz CT molecular complexity index is 466. The van der Waals surface area contributed by atoms with E-state index >= 15 is 0 Å². The minimum absolute atomic E-state index is 0.759. The standard InChI is InChI=1S/C9H6N2S.2C2H6/c1-6-3-11-4-8-9(6)7(2-10)5-12-8;2*1-2/h3-5H,1H3;2*1-2H3. The van der Waals surface area contributed by atoms with Crippen LogP contribution in [-0.4, -0.2) is 4.98 Å². The van der Waals surface area contributed by atoms with Crippen molar-refractivity contribution in [1.82, 2.24) is 4.98 Å². The summed E-state index contributed by atoms with van der Waals surface area (Å²) in [7, 11) is 0. The van der Waals surface area contributed by atoms with Gasteiger partial charge in [-0.05, 0) is 12.5 Å². The number of rotatable bonds is 0. The van der Waals surface area contributed by atoms with Crippen molar-refractivity contribution in [2.24, 2.45) is 0 Å². The van der Waals surface area contributed by atoms with E-state index in [9.17, 15) is 0 Å². The van der Waals surface area contributed by atoms with Gasteiger partial charge in [0.1, 0.15) is 6.07 Å². The van der Waals surface area contributed by atoms with Gasteiger partial charge in [0.25, 0.3) is 0 Å². The van der Waals surface area contributed by atoms with E-state index in [-0.39, 0.29) is 0 Å². The number of aryl methyl sites for hydroxylation is 1. The van der Waals surface area contributed by atoms with Crippen molar-refractivity contribution in [3.8, 4) is 6.07 Å². The second-order valence-corrected chi connectivity index (χ2v) is 3.50. The summed E-state index contributed by atoms with van der Waals surface area (Å²) in [6.07, 6.45) is 3.59. The van der Waals surface area contributed by atoms with E-state index in [1.165, 1.54) is 0 Å². The molecule has 2 heterocycles. The first kappa shape index (κ1) is 14.6. The summed E-state index contributed by atoms with van der Waals surface area (Å²) in [5, 5.41) is 11.7. The molecule has 2 rings (SSSR count). The summed E-state index contributed by atoms with van der Waals surface area (Å²) in [5.41, 5.74) is 1.83. The van der Waals surface area contributed by atoms with Gasteiger partial charge in [-0.15, -0.1) is 11.3 Å². The molecule has 0 aliphatic heterocycles. The molecular weight excluding hydrogens is 216 g/mol. The van der Waals surface area contributed by atoms with Crippen molar-refractivity contribution in [3.05, 3.63) is 28.9 Å². The Kier molecular flexibility index (Phi) is 7.15. The van der Waals surface area contributed by atoms with E-state index in [2.05, 4.69) is 11.1 Å². The van der Waals surface area contributed by atoms with Crippen LogP contribution in [0.2, 0.25) is 0 Å². The molecule has 0 bridgehead atoms. The molecule has 0 aliphatic rings. The van der Waals surface area contributed by atoms with Gasteiger partial charge in [-0.3, -0.25) is 4.98 Å². The summed E-state index contributed by atoms with van der Waals surface area (Å²) in [4.78, 5) is 4.06. The SMILES string of the molecule is CC.CC.Cc1cncc2scc(C#N)c12. The van der Waals surface area contributed by atoms with Crippen LogP contribution < -0.4 is 0 Å². The third kappa shape index (κ3) is 3.04. The molecule has 0 saturated heterocycles. The average molecular weight is 234 g/mol. The maximum Gasteiger partial charge on any atom is 0.101 e. The largest absolute Gasteiger partial charge is 0.263 e.